The van der Waals surface area contributed by atoms with Crippen molar-refractivity contribution in [3.63, 3.8) is 0 Å². The third-order valence-electron chi connectivity index (χ3n) is 4.20. The molecule has 0 aromatic rings. The molecule has 0 aromatic carbocycles. The molecule has 1 saturated carbocycles. The van der Waals surface area contributed by atoms with Gasteiger partial charge in [-0.2, -0.15) is 0 Å². The molecule has 2 fully saturated rings. The van der Waals surface area contributed by atoms with Gasteiger partial charge in [-0.3, -0.25) is 0 Å². The van der Waals surface area contributed by atoms with Gasteiger partial charge in [0.2, 0.25) is 0 Å². The molecule has 2 aliphatic rings. The molecule has 1 spiro atoms. The Kier molecular flexibility index (Phi) is 3.13. The number of nitrogens with one attached hydrogen (secondary N) is 1. The maximum Gasteiger partial charge on any atom is 0.0675 e. The van der Waals surface area contributed by atoms with Crippen LogP contribution in [0, 0.1) is 11.8 Å². The summed E-state index contributed by atoms with van der Waals surface area (Å²) in [6, 6.07) is 0.726. The molecule has 0 aromatic heterocycles. The van der Waals surface area contributed by atoms with Crippen LogP contribution in [0.4, 0.5) is 0 Å². The van der Waals surface area contributed by atoms with Crippen LogP contribution in [0.2, 0.25) is 0 Å². The molecule has 1 heterocycles. The van der Waals surface area contributed by atoms with Crippen LogP contribution in [-0.2, 0) is 0 Å². The Balaban J connectivity index is 2.11. The van der Waals surface area contributed by atoms with Crippen LogP contribution in [-0.4, -0.2) is 16.7 Å². The first kappa shape index (κ1) is 10.8. The quantitative estimate of drug-likeness (QED) is 0.663. The Morgan fingerprint density at radius 3 is 2.71 bits per heavy atom. The van der Waals surface area contributed by atoms with Gasteiger partial charge in [0, 0.05) is 6.04 Å². The van der Waals surface area contributed by atoms with Gasteiger partial charge in [0.1, 0.15) is 0 Å². The highest BCUT2D eigenvalue weighted by Crippen LogP contribution is 2.46. The maximum atomic E-state index is 3.87. The molecule has 1 saturated heterocycles. The molecule has 2 heteroatoms. The fourth-order valence-corrected chi connectivity index (χ4v) is 4.88. The molecule has 14 heavy (non-hydrogen) atoms. The Hall–Kier alpha value is 0.310. The highest BCUT2D eigenvalue weighted by Gasteiger charge is 2.44. The summed E-state index contributed by atoms with van der Waals surface area (Å²) in [6.07, 6.45) is 5.57. The second-order valence-corrected chi connectivity index (χ2v) is 6.66. The maximum absolute atomic E-state index is 3.87. The van der Waals surface area contributed by atoms with Gasteiger partial charge >= 0.3 is 0 Å². The van der Waals surface area contributed by atoms with E-state index in [9.17, 15) is 0 Å². The Labute approximate surface area is 92.4 Å². The average Bonchev–Trinajstić information content (AvgIpc) is 2.14. The van der Waals surface area contributed by atoms with Crippen LogP contribution in [0.3, 0.4) is 0 Å². The first-order valence-corrected chi connectivity index (χ1v) is 7.04. The van der Waals surface area contributed by atoms with Gasteiger partial charge in [-0.05, 0) is 37.4 Å². The minimum atomic E-state index is 0.426. The highest BCUT2D eigenvalue weighted by atomic mass is 32.2. The summed E-state index contributed by atoms with van der Waals surface area (Å²) in [5, 5.41) is 3.87. The van der Waals surface area contributed by atoms with E-state index in [1.165, 1.54) is 31.4 Å². The van der Waals surface area contributed by atoms with Crippen LogP contribution >= 0.6 is 11.8 Å². The first-order valence-electron chi connectivity index (χ1n) is 6.06. The fourth-order valence-electron chi connectivity index (χ4n) is 2.98. The standard InChI is InChI=1S/C12H23NS/c1-9-5-4-7-12(11(9)3)13-10(2)6-8-14-12/h9-11,13H,4-8H2,1-3H3. The van der Waals surface area contributed by atoms with E-state index < -0.39 is 0 Å². The van der Waals surface area contributed by atoms with Crippen molar-refractivity contribution in [2.75, 3.05) is 5.75 Å². The third kappa shape index (κ3) is 1.83. The van der Waals surface area contributed by atoms with Gasteiger partial charge in [0.05, 0.1) is 4.87 Å². The average molecular weight is 213 g/mol. The molecular formula is C12H23NS. The number of rotatable bonds is 0. The van der Waals surface area contributed by atoms with E-state index in [2.05, 4.69) is 37.8 Å². The van der Waals surface area contributed by atoms with Gasteiger partial charge < -0.3 is 5.32 Å². The largest absolute Gasteiger partial charge is 0.300 e. The number of hydrogen-bond acceptors (Lipinski definition) is 2. The normalized spacial score (nSPS) is 49.5. The summed E-state index contributed by atoms with van der Waals surface area (Å²) in [4.78, 5) is 0.426. The minimum absolute atomic E-state index is 0.426. The Bertz CT molecular complexity index is 200. The molecule has 1 aliphatic carbocycles. The van der Waals surface area contributed by atoms with Crippen molar-refractivity contribution in [2.45, 2.75) is 57.4 Å². The molecular weight excluding hydrogens is 190 g/mol. The lowest BCUT2D eigenvalue weighted by atomic mass is 9.77. The summed E-state index contributed by atoms with van der Waals surface area (Å²) in [5.41, 5.74) is 0. The van der Waals surface area contributed by atoms with Crippen molar-refractivity contribution in [3.8, 4) is 0 Å². The molecule has 0 radical (unpaired) electrons. The fraction of sp³-hybridized carbons (Fsp3) is 1.00. The summed E-state index contributed by atoms with van der Waals surface area (Å²) in [5.74, 6) is 3.09. The molecule has 4 atom stereocenters. The van der Waals surface area contributed by atoms with E-state index >= 15 is 0 Å². The highest BCUT2D eigenvalue weighted by molar-refractivity contribution is 8.00. The monoisotopic (exact) mass is 213 g/mol. The van der Waals surface area contributed by atoms with Crippen molar-refractivity contribution in [3.05, 3.63) is 0 Å². The molecule has 82 valence electrons. The van der Waals surface area contributed by atoms with E-state index in [0.717, 1.165) is 17.9 Å². The van der Waals surface area contributed by atoms with E-state index in [4.69, 9.17) is 0 Å². The zero-order chi connectivity index (χ0) is 10.2. The van der Waals surface area contributed by atoms with Crippen molar-refractivity contribution < 1.29 is 0 Å². The second kappa shape index (κ2) is 4.05. The third-order valence-corrected chi connectivity index (χ3v) is 5.85. The lowest BCUT2D eigenvalue weighted by Gasteiger charge is -2.50. The van der Waals surface area contributed by atoms with E-state index in [-0.39, 0.29) is 0 Å². The van der Waals surface area contributed by atoms with Gasteiger partial charge in [0.15, 0.2) is 0 Å². The van der Waals surface area contributed by atoms with Gasteiger partial charge in [-0.1, -0.05) is 26.7 Å². The van der Waals surface area contributed by atoms with Crippen molar-refractivity contribution >= 4 is 11.8 Å². The SMILES string of the molecule is CC1CCSC2(CCCC(C)C2C)N1. The lowest BCUT2D eigenvalue weighted by Crippen LogP contribution is -2.57. The summed E-state index contributed by atoms with van der Waals surface area (Å²) < 4.78 is 0. The molecule has 1 N–H and O–H groups in total. The first-order chi connectivity index (χ1) is 6.64. The van der Waals surface area contributed by atoms with E-state index in [1.807, 2.05) is 0 Å². The Morgan fingerprint density at radius 1 is 1.21 bits per heavy atom. The van der Waals surface area contributed by atoms with Crippen LogP contribution < -0.4 is 5.32 Å². The topological polar surface area (TPSA) is 12.0 Å². The predicted molar refractivity (Wildman–Crippen MR) is 64.6 cm³/mol. The van der Waals surface area contributed by atoms with Gasteiger partial charge in [-0.15, -0.1) is 11.8 Å². The zero-order valence-electron chi connectivity index (χ0n) is 9.68. The smallest absolute Gasteiger partial charge is 0.0675 e. The summed E-state index contributed by atoms with van der Waals surface area (Å²) in [6.45, 7) is 7.21. The van der Waals surface area contributed by atoms with Crippen LogP contribution in [0.5, 0.6) is 0 Å². The lowest BCUT2D eigenvalue weighted by molar-refractivity contribution is 0.164. The minimum Gasteiger partial charge on any atom is -0.300 e. The zero-order valence-corrected chi connectivity index (χ0v) is 10.5. The molecule has 0 amide bonds. The van der Waals surface area contributed by atoms with Crippen molar-refractivity contribution in [2.24, 2.45) is 11.8 Å². The number of hydrogen-bond donors (Lipinski definition) is 1. The van der Waals surface area contributed by atoms with Crippen LogP contribution in [0.15, 0.2) is 0 Å². The van der Waals surface area contributed by atoms with E-state index in [0.29, 0.717) is 4.87 Å². The summed E-state index contributed by atoms with van der Waals surface area (Å²) in [7, 11) is 0. The molecule has 2 rings (SSSR count). The van der Waals surface area contributed by atoms with Gasteiger partial charge in [0.25, 0.3) is 0 Å². The van der Waals surface area contributed by atoms with Crippen molar-refractivity contribution in [1.29, 1.82) is 0 Å². The molecule has 0 bridgehead atoms. The second-order valence-electron chi connectivity index (χ2n) is 5.23. The predicted octanol–water partition coefficient (Wildman–Crippen LogP) is 3.25. The molecule has 4 unspecified atom stereocenters. The Morgan fingerprint density at radius 2 is 2.00 bits per heavy atom. The van der Waals surface area contributed by atoms with Crippen LogP contribution in [0.1, 0.15) is 46.5 Å². The van der Waals surface area contributed by atoms with E-state index in [1.54, 1.807) is 0 Å². The van der Waals surface area contributed by atoms with Gasteiger partial charge in [-0.25, -0.2) is 0 Å². The number of thioether (sulfide) groups is 1. The van der Waals surface area contributed by atoms with Crippen LogP contribution in [0.25, 0.3) is 0 Å². The molecule has 1 nitrogen and oxygen atoms in total. The molecule has 1 aliphatic heterocycles. The summed E-state index contributed by atoms with van der Waals surface area (Å²) >= 11 is 2.19. The van der Waals surface area contributed by atoms with Crippen molar-refractivity contribution in [1.82, 2.24) is 5.32 Å².